The summed E-state index contributed by atoms with van der Waals surface area (Å²) >= 11 is 13.1. The molecule has 1 aliphatic heterocycles. The number of hydrogen-bond donors (Lipinski definition) is 1. The lowest BCUT2D eigenvalue weighted by Gasteiger charge is -2.34. The highest BCUT2D eigenvalue weighted by Gasteiger charge is 2.34. The summed E-state index contributed by atoms with van der Waals surface area (Å²) in [5.41, 5.74) is 1.51. The molecule has 12 heteroatoms. The zero-order chi connectivity index (χ0) is 31.9. The van der Waals surface area contributed by atoms with Gasteiger partial charge in [0.2, 0.25) is 21.8 Å². The van der Waals surface area contributed by atoms with Gasteiger partial charge in [0.05, 0.1) is 11.4 Å². The molecule has 2 amide bonds. The lowest BCUT2D eigenvalue weighted by molar-refractivity contribution is -0.140. The van der Waals surface area contributed by atoms with E-state index in [0.717, 1.165) is 9.87 Å². The Kier molecular flexibility index (Phi) is 11.4. The van der Waals surface area contributed by atoms with Crippen LogP contribution in [0, 0.1) is 5.92 Å². The van der Waals surface area contributed by atoms with Crippen molar-refractivity contribution in [1.82, 2.24) is 10.2 Å². The van der Waals surface area contributed by atoms with Crippen molar-refractivity contribution in [2.24, 2.45) is 5.92 Å². The van der Waals surface area contributed by atoms with Gasteiger partial charge in [0.25, 0.3) is 0 Å². The van der Waals surface area contributed by atoms with E-state index in [2.05, 4.69) is 5.32 Å². The predicted molar refractivity (Wildman–Crippen MR) is 173 cm³/mol. The van der Waals surface area contributed by atoms with E-state index in [1.807, 2.05) is 44.2 Å². The van der Waals surface area contributed by atoms with Gasteiger partial charge >= 0.3 is 0 Å². The molecule has 0 fully saturated rings. The quantitative estimate of drug-likeness (QED) is 0.265. The molecular weight excluding hydrogens is 625 g/mol. The molecule has 0 unspecified atom stereocenters. The van der Waals surface area contributed by atoms with Crippen LogP contribution in [0.15, 0.2) is 66.7 Å². The van der Waals surface area contributed by atoms with E-state index in [1.54, 1.807) is 36.4 Å². The molecule has 0 saturated carbocycles. The lowest BCUT2D eigenvalue weighted by atomic mass is 10.0. The van der Waals surface area contributed by atoms with Gasteiger partial charge in [-0.15, -0.1) is 0 Å². The first-order valence-electron chi connectivity index (χ1n) is 14.4. The number of ether oxygens (including phenoxy) is 2. The zero-order valence-electron chi connectivity index (χ0n) is 25.0. The van der Waals surface area contributed by atoms with E-state index < -0.39 is 28.5 Å². The maximum Gasteiger partial charge on any atom is 0.244 e. The Hall–Kier alpha value is -3.47. The molecule has 0 spiro atoms. The van der Waals surface area contributed by atoms with Gasteiger partial charge in [0.1, 0.15) is 25.8 Å². The minimum Gasteiger partial charge on any atom is -0.486 e. The Morgan fingerprint density at radius 3 is 2.23 bits per heavy atom. The van der Waals surface area contributed by atoms with Gasteiger partial charge in [-0.3, -0.25) is 13.9 Å². The molecule has 3 aromatic carbocycles. The van der Waals surface area contributed by atoms with Gasteiger partial charge in [-0.25, -0.2) is 8.42 Å². The number of benzene rings is 3. The molecule has 0 saturated heterocycles. The fourth-order valence-electron chi connectivity index (χ4n) is 4.74. The number of carbonyl (C=O) groups excluding carboxylic acids is 2. The minimum absolute atomic E-state index is 0.120. The summed E-state index contributed by atoms with van der Waals surface area (Å²) in [5.74, 6) is -0.198. The predicted octanol–water partition coefficient (Wildman–Crippen LogP) is 5.33. The number of anilines is 1. The van der Waals surface area contributed by atoms with Crippen LogP contribution >= 0.6 is 23.2 Å². The minimum atomic E-state index is -3.95. The molecule has 236 valence electrons. The van der Waals surface area contributed by atoms with Gasteiger partial charge in [-0.05, 0) is 42.7 Å². The molecule has 1 aliphatic rings. The second kappa shape index (κ2) is 15.0. The topological polar surface area (TPSA) is 105 Å². The number of sulfonamides is 1. The molecule has 3 aromatic rings. The van der Waals surface area contributed by atoms with Crippen molar-refractivity contribution in [3.63, 3.8) is 0 Å². The first-order valence-corrected chi connectivity index (χ1v) is 16.8. The average molecular weight is 663 g/mol. The van der Waals surface area contributed by atoms with Gasteiger partial charge < -0.3 is 19.7 Å². The SMILES string of the molecule is CCS(=O)(=O)N(CC(=O)N(Cc1c(Cl)cccc1Cl)[C@@H](Cc1ccccc1)C(=O)NCC(C)C)c1ccc2c(c1)OCCO2. The first kappa shape index (κ1) is 33.4. The highest BCUT2D eigenvalue weighted by molar-refractivity contribution is 7.92. The van der Waals surface area contributed by atoms with Crippen LogP contribution in [0.25, 0.3) is 0 Å². The standard InChI is InChI=1S/C32H37Cl2N3O6S/c1-4-44(40,41)37(24-13-14-29-30(18-24)43-16-15-42-29)21-31(38)36(20-25-26(33)11-8-12-27(25)34)28(32(39)35-19-22(2)3)17-23-9-6-5-7-10-23/h5-14,18,22,28H,4,15-17,19-21H2,1-3H3,(H,35,39)/t28-/m0/s1. The summed E-state index contributed by atoms with van der Waals surface area (Å²) < 4.78 is 39.2. The van der Waals surface area contributed by atoms with Crippen LogP contribution in [-0.2, 0) is 32.6 Å². The van der Waals surface area contributed by atoms with Crippen molar-refractivity contribution < 1.29 is 27.5 Å². The second-order valence-corrected chi connectivity index (χ2v) is 13.8. The third kappa shape index (κ3) is 8.37. The van der Waals surface area contributed by atoms with E-state index in [0.29, 0.717) is 46.9 Å². The fourth-order valence-corrected chi connectivity index (χ4v) is 6.31. The van der Waals surface area contributed by atoms with Crippen molar-refractivity contribution >= 4 is 50.7 Å². The van der Waals surface area contributed by atoms with E-state index in [-0.39, 0.29) is 36.2 Å². The number of nitrogens with one attached hydrogen (secondary N) is 1. The number of halogens is 2. The molecule has 44 heavy (non-hydrogen) atoms. The Bertz CT molecular complexity index is 1550. The van der Waals surface area contributed by atoms with Gasteiger partial charge in [0.15, 0.2) is 11.5 Å². The molecule has 1 atom stereocenters. The number of amides is 2. The molecule has 4 rings (SSSR count). The normalized spacial score (nSPS) is 13.3. The molecular formula is C32H37Cl2N3O6S. The molecule has 1 N–H and O–H groups in total. The van der Waals surface area contributed by atoms with Crippen LogP contribution in [0.2, 0.25) is 10.0 Å². The van der Waals surface area contributed by atoms with Crippen LogP contribution < -0.4 is 19.1 Å². The molecule has 0 bridgehead atoms. The zero-order valence-corrected chi connectivity index (χ0v) is 27.3. The molecule has 0 aliphatic carbocycles. The van der Waals surface area contributed by atoms with Crippen LogP contribution in [-0.4, -0.2) is 63.2 Å². The fraction of sp³-hybridized carbons (Fsp3) is 0.375. The third-order valence-corrected chi connectivity index (χ3v) is 9.59. The lowest BCUT2D eigenvalue weighted by Crippen LogP contribution is -2.54. The summed E-state index contributed by atoms with van der Waals surface area (Å²) in [6.07, 6.45) is 0.184. The maximum atomic E-state index is 14.4. The Morgan fingerprint density at radius 2 is 1.59 bits per heavy atom. The number of hydrogen-bond acceptors (Lipinski definition) is 6. The molecule has 0 radical (unpaired) electrons. The van der Waals surface area contributed by atoms with Crippen LogP contribution in [0.4, 0.5) is 5.69 Å². The average Bonchev–Trinajstić information content (AvgIpc) is 3.01. The third-order valence-electron chi connectivity index (χ3n) is 7.14. The van der Waals surface area contributed by atoms with E-state index in [4.69, 9.17) is 32.7 Å². The van der Waals surface area contributed by atoms with Crippen LogP contribution in [0.3, 0.4) is 0 Å². The first-order chi connectivity index (χ1) is 21.0. The van der Waals surface area contributed by atoms with E-state index in [9.17, 15) is 18.0 Å². The monoisotopic (exact) mass is 661 g/mol. The van der Waals surface area contributed by atoms with Crippen LogP contribution in [0.1, 0.15) is 31.9 Å². The number of nitrogens with zero attached hydrogens (tertiary/aromatic N) is 2. The number of rotatable bonds is 13. The number of fused-ring (bicyclic) bond motifs is 1. The van der Waals surface area contributed by atoms with Gasteiger partial charge in [-0.2, -0.15) is 0 Å². The summed E-state index contributed by atoms with van der Waals surface area (Å²) in [5, 5.41) is 3.59. The van der Waals surface area contributed by atoms with Crippen molar-refractivity contribution in [1.29, 1.82) is 0 Å². The van der Waals surface area contributed by atoms with Gasteiger partial charge in [0, 0.05) is 41.2 Å². The van der Waals surface area contributed by atoms with E-state index >= 15 is 0 Å². The van der Waals surface area contributed by atoms with Crippen molar-refractivity contribution in [3.05, 3.63) is 87.9 Å². The second-order valence-electron chi connectivity index (χ2n) is 10.8. The summed E-state index contributed by atoms with van der Waals surface area (Å²) in [7, 11) is -3.95. The Balaban J connectivity index is 1.78. The van der Waals surface area contributed by atoms with Gasteiger partial charge in [-0.1, -0.05) is 73.4 Å². The highest BCUT2D eigenvalue weighted by atomic mass is 35.5. The maximum absolute atomic E-state index is 14.4. The van der Waals surface area contributed by atoms with Crippen molar-refractivity contribution in [2.45, 2.75) is 39.8 Å². The summed E-state index contributed by atoms with van der Waals surface area (Å²) in [6, 6.07) is 18.0. The summed E-state index contributed by atoms with van der Waals surface area (Å²) in [4.78, 5) is 29.5. The Morgan fingerprint density at radius 1 is 0.932 bits per heavy atom. The molecule has 0 aromatic heterocycles. The van der Waals surface area contributed by atoms with Crippen molar-refractivity contribution in [3.8, 4) is 11.5 Å². The van der Waals surface area contributed by atoms with Crippen LogP contribution in [0.5, 0.6) is 11.5 Å². The Labute approximate surface area is 269 Å². The van der Waals surface area contributed by atoms with Crippen molar-refractivity contribution in [2.75, 3.05) is 36.4 Å². The molecule has 1 heterocycles. The molecule has 9 nitrogen and oxygen atoms in total. The smallest absolute Gasteiger partial charge is 0.244 e. The summed E-state index contributed by atoms with van der Waals surface area (Å²) in [6.45, 7) is 5.85. The van der Waals surface area contributed by atoms with E-state index in [1.165, 1.54) is 11.8 Å². The number of carbonyl (C=O) groups is 2. The highest BCUT2D eigenvalue weighted by Crippen LogP contribution is 2.35. The largest absolute Gasteiger partial charge is 0.486 e.